The Balaban J connectivity index is 1.71. The van der Waals surface area contributed by atoms with E-state index in [1.54, 1.807) is 6.07 Å². The minimum absolute atomic E-state index is 0.0203. The lowest BCUT2D eigenvalue weighted by Crippen LogP contribution is -2.33. The molecule has 2 heterocycles. The number of aromatic nitrogens is 3. The van der Waals surface area contributed by atoms with Crippen molar-refractivity contribution in [3.63, 3.8) is 0 Å². The van der Waals surface area contributed by atoms with Crippen molar-refractivity contribution in [3.05, 3.63) is 47.1 Å². The van der Waals surface area contributed by atoms with E-state index in [0.29, 0.717) is 42.4 Å². The molecule has 34 heavy (non-hydrogen) atoms. The summed E-state index contributed by atoms with van der Waals surface area (Å²) in [5, 5.41) is -0.131. The van der Waals surface area contributed by atoms with Crippen molar-refractivity contribution in [2.75, 3.05) is 6.61 Å². The van der Waals surface area contributed by atoms with Gasteiger partial charge < -0.3 is 4.74 Å². The van der Waals surface area contributed by atoms with Crippen molar-refractivity contribution in [1.29, 1.82) is 0 Å². The number of nitrogens with zero attached hydrogens (tertiary/aromatic N) is 3. The Morgan fingerprint density at radius 1 is 1.15 bits per heavy atom. The molecule has 3 atom stereocenters. The highest BCUT2D eigenvalue weighted by molar-refractivity contribution is 6.20. The van der Waals surface area contributed by atoms with Crippen LogP contribution in [0.25, 0.3) is 0 Å². The molecule has 8 heteroatoms. The van der Waals surface area contributed by atoms with Gasteiger partial charge in [0, 0.05) is 5.69 Å². The number of fused-ring (bicyclic) bond motifs is 1. The van der Waals surface area contributed by atoms with Crippen LogP contribution in [-0.4, -0.2) is 26.9 Å². The van der Waals surface area contributed by atoms with Crippen molar-refractivity contribution in [2.24, 2.45) is 5.92 Å². The monoisotopic (exact) mass is 497 g/mol. The number of alkyl halides is 3. The average molecular weight is 498 g/mol. The number of ether oxygens (including phenoxy) is 1. The second kappa shape index (κ2) is 12.2. The first-order chi connectivity index (χ1) is 16.3. The van der Waals surface area contributed by atoms with Crippen molar-refractivity contribution in [3.8, 4) is 5.75 Å². The molecular formula is C26H35ClF3N3O. The highest BCUT2D eigenvalue weighted by atomic mass is 35.5. The van der Waals surface area contributed by atoms with Gasteiger partial charge in [0.2, 0.25) is 5.95 Å². The number of hydrogen-bond acceptors (Lipinski definition) is 4. The molecule has 2 aromatic rings. The molecule has 188 valence electrons. The van der Waals surface area contributed by atoms with E-state index < -0.39 is 23.4 Å². The third kappa shape index (κ3) is 6.61. The van der Waals surface area contributed by atoms with Gasteiger partial charge in [-0.3, -0.25) is 0 Å². The van der Waals surface area contributed by atoms with Gasteiger partial charge in [-0.25, -0.2) is 23.7 Å². The van der Waals surface area contributed by atoms with Crippen LogP contribution in [0.2, 0.25) is 0 Å². The lowest BCUT2D eigenvalue weighted by atomic mass is 9.80. The Kier molecular flexibility index (Phi) is 9.57. The van der Waals surface area contributed by atoms with Crippen LogP contribution >= 0.6 is 11.6 Å². The van der Waals surface area contributed by atoms with E-state index in [0.717, 1.165) is 38.5 Å². The molecule has 3 unspecified atom stereocenters. The van der Waals surface area contributed by atoms with Crippen LogP contribution in [0.4, 0.5) is 13.2 Å². The Bertz CT molecular complexity index is 926. The van der Waals surface area contributed by atoms with Crippen molar-refractivity contribution >= 4 is 11.6 Å². The first-order valence-corrected chi connectivity index (χ1v) is 12.8. The van der Waals surface area contributed by atoms with Crippen LogP contribution in [0.5, 0.6) is 5.75 Å². The molecule has 0 saturated carbocycles. The summed E-state index contributed by atoms with van der Waals surface area (Å²) in [7, 11) is 0. The van der Waals surface area contributed by atoms with Gasteiger partial charge in [0.25, 0.3) is 5.92 Å². The fourth-order valence-corrected chi connectivity index (χ4v) is 4.73. The maximum atomic E-state index is 15.4. The number of pyridine rings is 1. The van der Waals surface area contributed by atoms with Gasteiger partial charge in [-0.05, 0) is 43.2 Å². The van der Waals surface area contributed by atoms with Crippen LogP contribution in [0, 0.1) is 11.9 Å². The molecular weight excluding hydrogens is 463 g/mol. The first-order valence-electron chi connectivity index (χ1n) is 12.4. The minimum Gasteiger partial charge on any atom is -0.489 e. The fourth-order valence-electron chi connectivity index (χ4n) is 4.51. The molecule has 2 aromatic heterocycles. The topological polar surface area (TPSA) is 47.9 Å². The van der Waals surface area contributed by atoms with Gasteiger partial charge in [0.1, 0.15) is 12.4 Å². The largest absolute Gasteiger partial charge is 0.489 e. The quantitative estimate of drug-likeness (QED) is 0.227. The standard InChI is InChI=1S/C26H35ClF3N3O/c1-4-6-8-17(3)12-20-13-18-10-11-22(26(29,30)23(18)24(28)33-20)25-31-14-21(15-32-25)34-16-19(27)9-7-5-2/h13-15,17,19,22H,4-12,16H2,1-3H3. The van der Waals surface area contributed by atoms with Gasteiger partial charge in [-0.1, -0.05) is 52.9 Å². The summed E-state index contributed by atoms with van der Waals surface area (Å²) in [5.41, 5.74) is 0.272. The Hall–Kier alpha value is -1.89. The SMILES string of the molecule is CCCCC(C)Cc1cc2c(c(F)n1)C(F)(F)C(c1ncc(OCC(Cl)CCCC)cn1)CC2. The maximum Gasteiger partial charge on any atom is 0.287 e. The summed E-state index contributed by atoms with van der Waals surface area (Å²) in [6.45, 7) is 6.60. The van der Waals surface area contributed by atoms with Crippen molar-refractivity contribution in [2.45, 2.75) is 95.8 Å². The molecule has 0 N–H and O–H groups in total. The Labute approximate surface area is 205 Å². The molecule has 0 aliphatic heterocycles. The van der Waals surface area contributed by atoms with Crippen LogP contribution in [0.15, 0.2) is 18.5 Å². The Morgan fingerprint density at radius 2 is 1.82 bits per heavy atom. The van der Waals surface area contributed by atoms with E-state index in [1.165, 1.54) is 12.4 Å². The van der Waals surface area contributed by atoms with Crippen LogP contribution in [-0.2, 0) is 18.8 Å². The van der Waals surface area contributed by atoms with E-state index in [-0.39, 0.29) is 17.6 Å². The molecule has 4 nitrogen and oxygen atoms in total. The van der Waals surface area contributed by atoms with Crippen LogP contribution < -0.4 is 4.74 Å². The van der Waals surface area contributed by atoms with Crippen LogP contribution in [0.3, 0.4) is 0 Å². The highest BCUT2D eigenvalue weighted by Crippen LogP contribution is 2.49. The summed E-state index contributed by atoms with van der Waals surface area (Å²) >= 11 is 6.22. The van der Waals surface area contributed by atoms with Gasteiger partial charge in [-0.2, -0.15) is 4.39 Å². The predicted octanol–water partition coefficient (Wildman–Crippen LogP) is 7.38. The van der Waals surface area contributed by atoms with E-state index in [1.807, 2.05) is 0 Å². The number of aryl methyl sites for hydroxylation is 1. The molecule has 0 bridgehead atoms. The molecule has 0 amide bonds. The number of halogens is 4. The number of hydrogen-bond donors (Lipinski definition) is 0. The lowest BCUT2D eigenvalue weighted by molar-refractivity contribution is -0.0500. The molecule has 0 aromatic carbocycles. The summed E-state index contributed by atoms with van der Waals surface area (Å²) < 4.78 is 51.3. The lowest BCUT2D eigenvalue weighted by Gasteiger charge is -2.32. The number of unbranched alkanes of at least 4 members (excludes halogenated alkanes) is 2. The molecule has 3 rings (SSSR count). The minimum atomic E-state index is -3.44. The number of rotatable bonds is 12. The van der Waals surface area contributed by atoms with E-state index in [2.05, 4.69) is 35.7 Å². The van der Waals surface area contributed by atoms with Crippen LogP contribution in [0.1, 0.15) is 94.3 Å². The Morgan fingerprint density at radius 3 is 2.50 bits per heavy atom. The van der Waals surface area contributed by atoms with E-state index in [4.69, 9.17) is 16.3 Å². The third-order valence-electron chi connectivity index (χ3n) is 6.45. The van der Waals surface area contributed by atoms with Gasteiger partial charge in [0.05, 0.1) is 29.3 Å². The zero-order valence-electron chi connectivity index (χ0n) is 20.3. The van der Waals surface area contributed by atoms with E-state index in [9.17, 15) is 4.39 Å². The first kappa shape index (κ1) is 26.7. The molecule has 1 aliphatic rings. The third-order valence-corrected chi connectivity index (χ3v) is 6.80. The van der Waals surface area contributed by atoms with Gasteiger partial charge >= 0.3 is 0 Å². The smallest absolute Gasteiger partial charge is 0.287 e. The maximum absolute atomic E-state index is 15.4. The highest BCUT2D eigenvalue weighted by Gasteiger charge is 2.50. The van der Waals surface area contributed by atoms with Gasteiger partial charge in [-0.15, -0.1) is 11.6 Å². The molecule has 1 aliphatic carbocycles. The van der Waals surface area contributed by atoms with Crippen molar-refractivity contribution in [1.82, 2.24) is 15.0 Å². The molecule has 0 radical (unpaired) electrons. The van der Waals surface area contributed by atoms with Gasteiger partial charge in [0.15, 0.2) is 5.75 Å². The molecule has 0 saturated heterocycles. The zero-order valence-corrected chi connectivity index (χ0v) is 21.1. The molecule has 0 spiro atoms. The predicted molar refractivity (Wildman–Crippen MR) is 128 cm³/mol. The summed E-state index contributed by atoms with van der Waals surface area (Å²) in [6.07, 6.45) is 9.90. The summed E-state index contributed by atoms with van der Waals surface area (Å²) in [5.74, 6) is -5.15. The van der Waals surface area contributed by atoms with Crippen molar-refractivity contribution < 1.29 is 17.9 Å². The normalized spacial score (nSPS) is 18.9. The average Bonchev–Trinajstić information content (AvgIpc) is 2.80. The molecule has 0 fully saturated rings. The zero-order chi connectivity index (χ0) is 24.7. The second-order valence-corrected chi connectivity index (χ2v) is 10.0. The fraction of sp³-hybridized carbons (Fsp3) is 0.654. The summed E-state index contributed by atoms with van der Waals surface area (Å²) in [4.78, 5) is 12.2. The van der Waals surface area contributed by atoms with E-state index >= 15 is 8.78 Å². The summed E-state index contributed by atoms with van der Waals surface area (Å²) in [6, 6.07) is 1.66. The second-order valence-electron chi connectivity index (χ2n) is 9.43.